The highest BCUT2D eigenvalue weighted by Crippen LogP contribution is 2.19. The molecule has 0 heterocycles. The van der Waals surface area contributed by atoms with Crippen LogP contribution in [0.4, 0.5) is 4.39 Å². The Kier molecular flexibility index (Phi) is 5.69. The molecule has 3 nitrogen and oxygen atoms in total. The van der Waals surface area contributed by atoms with Crippen LogP contribution in [0.25, 0.3) is 0 Å². The molecule has 0 aliphatic rings. The van der Waals surface area contributed by atoms with Crippen LogP contribution in [0.1, 0.15) is 43.1 Å². The molecule has 20 heavy (non-hydrogen) atoms. The third-order valence-corrected chi connectivity index (χ3v) is 3.30. The molecule has 0 bridgehead atoms. The van der Waals surface area contributed by atoms with Gasteiger partial charge in [0, 0.05) is 13.1 Å². The van der Waals surface area contributed by atoms with Crippen LogP contribution < -0.4 is 5.73 Å². The van der Waals surface area contributed by atoms with Gasteiger partial charge in [0.25, 0.3) is 5.91 Å². The topological polar surface area (TPSA) is 46.3 Å². The van der Waals surface area contributed by atoms with Crippen LogP contribution in [0.15, 0.2) is 18.2 Å². The normalized spacial score (nSPS) is 11.5. The number of aryl methyl sites for hydroxylation is 1. The first kappa shape index (κ1) is 16.6. The molecule has 1 aromatic rings. The predicted octanol–water partition coefficient (Wildman–Crippen LogP) is 2.97. The first-order chi connectivity index (χ1) is 9.30. The van der Waals surface area contributed by atoms with Gasteiger partial charge in [0.1, 0.15) is 5.82 Å². The molecule has 1 aromatic carbocycles. The van der Waals surface area contributed by atoms with Crippen molar-refractivity contribution < 1.29 is 9.18 Å². The van der Waals surface area contributed by atoms with Crippen molar-refractivity contribution >= 4 is 5.91 Å². The molecule has 0 spiro atoms. The summed E-state index contributed by atoms with van der Waals surface area (Å²) in [7, 11) is 0. The van der Waals surface area contributed by atoms with Crippen molar-refractivity contribution in [3.05, 3.63) is 35.1 Å². The summed E-state index contributed by atoms with van der Waals surface area (Å²) in [5.41, 5.74) is 6.58. The SMILES string of the molecule is CCCN(CC(C)(C)CN)C(=O)c1cc(C)ccc1F. The molecule has 0 aromatic heterocycles. The van der Waals surface area contributed by atoms with Crippen molar-refractivity contribution in [3.63, 3.8) is 0 Å². The second-order valence-electron chi connectivity index (χ2n) is 6.08. The first-order valence-corrected chi connectivity index (χ1v) is 7.06. The fourth-order valence-corrected chi connectivity index (χ4v) is 2.08. The lowest BCUT2D eigenvalue weighted by atomic mass is 9.92. The molecule has 0 aliphatic heterocycles. The Morgan fingerprint density at radius 3 is 2.60 bits per heavy atom. The molecule has 4 heteroatoms. The maximum atomic E-state index is 13.9. The Bertz CT molecular complexity index is 472. The number of halogens is 1. The Balaban J connectivity index is 3.02. The third-order valence-electron chi connectivity index (χ3n) is 3.30. The summed E-state index contributed by atoms with van der Waals surface area (Å²) >= 11 is 0. The van der Waals surface area contributed by atoms with Gasteiger partial charge in [0.05, 0.1) is 5.56 Å². The lowest BCUT2D eigenvalue weighted by Gasteiger charge is -2.32. The molecule has 0 fully saturated rings. The highest BCUT2D eigenvalue weighted by atomic mass is 19.1. The van der Waals surface area contributed by atoms with E-state index in [1.165, 1.54) is 6.07 Å². The molecule has 0 saturated heterocycles. The van der Waals surface area contributed by atoms with Gasteiger partial charge in [0.2, 0.25) is 0 Å². The molecule has 1 amide bonds. The summed E-state index contributed by atoms with van der Waals surface area (Å²) in [4.78, 5) is 14.2. The summed E-state index contributed by atoms with van der Waals surface area (Å²) in [6.07, 6.45) is 0.833. The second kappa shape index (κ2) is 6.84. The Morgan fingerprint density at radius 2 is 2.05 bits per heavy atom. The molecule has 1 rings (SSSR count). The average molecular weight is 280 g/mol. The number of carbonyl (C=O) groups is 1. The van der Waals surface area contributed by atoms with E-state index in [1.807, 2.05) is 27.7 Å². The monoisotopic (exact) mass is 280 g/mol. The number of carbonyl (C=O) groups excluding carboxylic acids is 1. The number of benzene rings is 1. The zero-order valence-corrected chi connectivity index (χ0v) is 12.9. The minimum atomic E-state index is -0.466. The molecular weight excluding hydrogens is 255 g/mol. The number of nitrogens with zero attached hydrogens (tertiary/aromatic N) is 1. The van der Waals surface area contributed by atoms with Crippen LogP contribution in [-0.2, 0) is 0 Å². The summed E-state index contributed by atoms with van der Waals surface area (Å²) in [6.45, 7) is 9.49. The predicted molar refractivity (Wildman–Crippen MR) is 80.2 cm³/mol. The smallest absolute Gasteiger partial charge is 0.256 e. The molecule has 0 radical (unpaired) electrons. The van der Waals surface area contributed by atoms with E-state index in [2.05, 4.69) is 0 Å². The van der Waals surface area contributed by atoms with Gasteiger partial charge in [-0.1, -0.05) is 32.4 Å². The third kappa shape index (κ3) is 4.30. The van der Waals surface area contributed by atoms with E-state index < -0.39 is 5.82 Å². The van der Waals surface area contributed by atoms with Gasteiger partial charge in [-0.15, -0.1) is 0 Å². The molecular formula is C16H25FN2O. The van der Waals surface area contributed by atoms with Gasteiger partial charge in [0.15, 0.2) is 0 Å². The molecule has 2 N–H and O–H groups in total. The molecule has 112 valence electrons. The second-order valence-corrected chi connectivity index (χ2v) is 6.08. The van der Waals surface area contributed by atoms with E-state index in [0.29, 0.717) is 19.6 Å². The van der Waals surface area contributed by atoms with Crippen molar-refractivity contribution in [3.8, 4) is 0 Å². The Hall–Kier alpha value is -1.42. The number of hydrogen-bond acceptors (Lipinski definition) is 2. The average Bonchev–Trinajstić information content (AvgIpc) is 2.40. The maximum Gasteiger partial charge on any atom is 0.256 e. The van der Waals surface area contributed by atoms with E-state index >= 15 is 0 Å². The summed E-state index contributed by atoms with van der Waals surface area (Å²) < 4.78 is 13.9. The van der Waals surface area contributed by atoms with Crippen LogP contribution >= 0.6 is 0 Å². The maximum absolute atomic E-state index is 13.9. The van der Waals surface area contributed by atoms with Crippen molar-refractivity contribution in [1.82, 2.24) is 4.90 Å². The number of amides is 1. The van der Waals surface area contributed by atoms with Crippen LogP contribution in [0.5, 0.6) is 0 Å². The van der Waals surface area contributed by atoms with Gasteiger partial charge < -0.3 is 10.6 Å². The van der Waals surface area contributed by atoms with Crippen LogP contribution in [0, 0.1) is 18.2 Å². The zero-order valence-electron chi connectivity index (χ0n) is 12.9. The van der Waals surface area contributed by atoms with E-state index in [4.69, 9.17) is 5.73 Å². The number of nitrogens with two attached hydrogens (primary N) is 1. The highest BCUT2D eigenvalue weighted by Gasteiger charge is 2.25. The standard InChI is InChI=1S/C16H25FN2O/c1-5-8-19(11-16(3,4)10-18)15(20)13-9-12(2)6-7-14(13)17/h6-7,9H,5,8,10-11,18H2,1-4H3. The molecule has 0 unspecified atom stereocenters. The molecule has 0 saturated carbocycles. The van der Waals surface area contributed by atoms with Gasteiger partial charge in [-0.3, -0.25) is 4.79 Å². The van der Waals surface area contributed by atoms with Crippen LogP contribution in [-0.4, -0.2) is 30.4 Å². The summed E-state index contributed by atoms with van der Waals surface area (Å²) in [5.74, 6) is -0.721. The van der Waals surface area contributed by atoms with Crippen LogP contribution in [0.3, 0.4) is 0 Å². The highest BCUT2D eigenvalue weighted by molar-refractivity contribution is 5.94. The largest absolute Gasteiger partial charge is 0.338 e. The summed E-state index contributed by atoms with van der Waals surface area (Å²) in [5, 5.41) is 0. The first-order valence-electron chi connectivity index (χ1n) is 7.06. The van der Waals surface area contributed by atoms with Gasteiger partial charge in [-0.05, 0) is 37.4 Å². The van der Waals surface area contributed by atoms with E-state index in [1.54, 1.807) is 17.0 Å². The fourth-order valence-electron chi connectivity index (χ4n) is 2.08. The van der Waals surface area contributed by atoms with Crippen LogP contribution in [0.2, 0.25) is 0 Å². The molecule has 0 aliphatic carbocycles. The fraction of sp³-hybridized carbons (Fsp3) is 0.562. The number of rotatable bonds is 6. The summed E-state index contributed by atoms with van der Waals surface area (Å²) in [6, 6.07) is 4.62. The Morgan fingerprint density at radius 1 is 1.40 bits per heavy atom. The van der Waals surface area contributed by atoms with E-state index in [9.17, 15) is 9.18 Å². The van der Waals surface area contributed by atoms with Crippen molar-refractivity contribution in [2.24, 2.45) is 11.1 Å². The van der Waals surface area contributed by atoms with Gasteiger partial charge in [-0.2, -0.15) is 0 Å². The Labute approximate surface area is 121 Å². The quantitative estimate of drug-likeness (QED) is 0.870. The van der Waals surface area contributed by atoms with E-state index in [0.717, 1.165) is 12.0 Å². The lowest BCUT2D eigenvalue weighted by Crippen LogP contribution is -2.42. The van der Waals surface area contributed by atoms with Crippen molar-refractivity contribution in [2.45, 2.75) is 34.1 Å². The zero-order chi connectivity index (χ0) is 15.3. The minimum Gasteiger partial charge on any atom is -0.338 e. The minimum absolute atomic E-state index is 0.145. The lowest BCUT2D eigenvalue weighted by molar-refractivity contribution is 0.0684. The van der Waals surface area contributed by atoms with Gasteiger partial charge in [-0.25, -0.2) is 4.39 Å². The van der Waals surface area contributed by atoms with Gasteiger partial charge >= 0.3 is 0 Å². The van der Waals surface area contributed by atoms with E-state index in [-0.39, 0.29) is 16.9 Å². The number of hydrogen-bond donors (Lipinski definition) is 1. The van der Waals surface area contributed by atoms with Crippen molar-refractivity contribution in [2.75, 3.05) is 19.6 Å². The molecule has 0 atom stereocenters. The van der Waals surface area contributed by atoms with Crippen molar-refractivity contribution in [1.29, 1.82) is 0 Å².